The van der Waals surface area contributed by atoms with Crippen molar-refractivity contribution in [2.24, 2.45) is 0 Å². The Balaban J connectivity index is 4.08. The summed E-state index contributed by atoms with van der Waals surface area (Å²) >= 11 is 0. The summed E-state index contributed by atoms with van der Waals surface area (Å²) in [7, 11) is -2.87. The van der Waals surface area contributed by atoms with Crippen LogP contribution in [0.5, 0.6) is 0 Å². The lowest BCUT2D eigenvalue weighted by Crippen LogP contribution is -2.29. The third-order valence-corrected chi connectivity index (χ3v) is 2.11. The molecule has 0 fully saturated rings. The molecule has 0 heterocycles. The number of methoxy groups -OCH3 is 1. The second-order valence-corrected chi connectivity index (χ2v) is 3.47. The van der Waals surface area contributed by atoms with Gasteiger partial charge in [-0.25, -0.2) is 0 Å². The van der Waals surface area contributed by atoms with Gasteiger partial charge in [0.15, 0.2) is 0 Å². The Bertz CT molecular complexity index is 172. The summed E-state index contributed by atoms with van der Waals surface area (Å²) in [5.74, 6) is 0. The van der Waals surface area contributed by atoms with Crippen molar-refractivity contribution in [1.82, 2.24) is 0 Å². The molecule has 0 aliphatic rings. The first-order valence-electron chi connectivity index (χ1n) is 2.58. The van der Waals surface area contributed by atoms with E-state index in [1.165, 1.54) is 7.11 Å². The Hall–Kier alpha value is -0.170. The Morgan fingerprint density at radius 1 is 1.60 bits per heavy atom. The summed E-state index contributed by atoms with van der Waals surface area (Å²) in [4.78, 5) is 0. The standard InChI is InChI=1S/C4H10O5S/c1-9-3-4(2-5)10(6,7)8/h4-5H,2-3H2,1H3,(H,6,7,8). The fourth-order valence-electron chi connectivity index (χ4n) is 0.419. The van der Waals surface area contributed by atoms with Gasteiger partial charge in [0.1, 0.15) is 5.25 Å². The van der Waals surface area contributed by atoms with Crippen molar-refractivity contribution in [2.75, 3.05) is 20.3 Å². The van der Waals surface area contributed by atoms with Gasteiger partial charge in [-0.15, -0.1) is 0 Å². The van der Waals surface area contributed by atoms with Crippen LogP contribution in [0, 0.1) is 0 Å². The summed E-state index contributed by atoms with van der Waals surface area (Å²) in [6, 6.07) is 0. The van der Waals surface area contributed by atoms with Gasteiger partial charge in [-0.3, -0.25) is 4.55 Å². The van der Waals surface area contributed by atoms with Gasteiger partial charge >= 0.3 is 0 Å². The third-order valence-electron chi connectivity index (χ3n) is 0.977. The maximum Gasteiger partial charge on any atom is 0.272 e. The molecule has 2 N–H and O–H groups in total. The molecule has 0 amide bonds. The van der Waals surface area contributed by atoms with E-state index in [9.17, 15) is 8.42 Å². The normalized spacial score (nSPS) is 15.1. The molecule has 10 heavy (non-hydrogen) atoms. The Kier molecular flexibility index (Phi) is 3.80. The van der Waals surface area contributed by atoms with Gasteiger partial charge in [0.05, 0.1) is 13.2 Å². The van der Waals surface area contributed by atoms with Crippen LogP contribution in [0.3, 0.4) is 0 Å². The molecule has 1 unspecified atom stereocenters. The Labute approximate surface area is 59.4 Å². The molecule has 0 aliphatic carbocycles. The molecule has 0 aromatic rings. The zero-order chi connectivity index (χ0) is 8.20. The van der Waals surface area contributed by atoms with E-state index < -0.39 is 22.0 Å². The SMILES string of the molecule is COCC(CO)S(=O)(=O)O. The second kappa shape index (κ2) is 3.87. The monoisotopic (exact) mass is 170 g/mol. The van der Waals surface area contributed by atoms with E-state index in [-0.39, 0.29) is 6.61 Å². The largest absolute Gasteiger partial charge is 0.395 e. The van der Waals surface area contributed by atoms with Gasteiger partial charge in [0, 0.05) is 7.11 Å². The van der Waals surface area contributed by atoms with Crippen molar-refractivity contribution >= 4 is 10.1 Å². The van der Waals surface area contributed by atoms with E-state index in [0.717, 1.165) is 0 Å². The van der Waals surface area contributed by atoms with Crippen LogP contribution in [0.25, 0.3) is 0 Å². The van der Waals surface area contributed by atoms with Gasteiger partial charge in [-0.1, -0.05) is 0 Å². The van der Waals surface area contributed by atoms with E-state index >= 15 is 0 Å². The van der Waals surface area contributed by atoms with Crippen molar-refractivity contribution in [1.29, 1.82) is 0 Å². The highest BCUT2D eigenvalue weighted by atomic mass is 32.2. The number of hydrogen-bond acceptors (Lipinski definition) is 4. The number of aliphatic hydroxyl groups excluding tert-OH is 1. The van der Waals surface area contributed by atoms with Crippen LogP contribution >= 0.6 is 0 Å². The molecule has 5 nitrogen and oxygen atoms in total. The fourth-order valence-corrected chi connectivity index (χ4v) is 0.915. The van der Waals surface area contributed by atoms with Gasteiger partial charge in [-0.2, -0.15) is 8.42 Å². The quantitative estimate of drug-likeness (QED) is 0.522. The lowest BCUT2D eigenvalue weighted by molar-refractivity contribution is 0.165. The molecule has 1 atom stereocenters. The molecule has 0 saturated heterocycles. The van der Waals surface area contributed by atoms with E-state index in [4.69, 9.17) is 9.66 Å². The van der Waals surface area contributed by atoms with Crippen molar-refractivity contribution in [3.8, 4) is 0 Å². The van der Waals surface area contributed by atoms with Crippen LogP contribution in [0.4, 0.5) is 0 Å². The molecule has 0 rings (SSSR count). The highest BCUT2D eigenvalue weighted by molar-refractivity contribution is 7.86. The second-order valence-electron chi connectivity index (χ2n) is 1.77. The molecule has 6 heteroatoms. The van der Waals surface area contributed by atoms with Gasteiger partial charge in [0.2, 0.25) is 0 Å². The zero-order valence-corrected chi connectivity index (χ0v) is 6.34. The van der Waals surface area contributed by atoms with E-state index in [2.05, 4.69) is 4.74 Å². The van der Waals surface area contributed by atoms with Crippen LogP contribution < -0.4 is 0 Å². The third kappa shape index (κ3) is 3.11. The molecule has 0 aromatic heterocycles. The van der Waals surface area contributed by atoms with Gasteiger partial charge in [-0.05, 0) is 0 Å². The van der Waals surface area contributed by atoms with Gasteiger partial charge < -0.3 is 9.84 Å². The highest BCUT2D eigenvalue weighted by Crippen LogP contribution is 1.96. The smallest absolute Gasteiger partial charge is 0.272 e. The van der Waals surface area contributed by atoms with Crippen molar-refractivity contribution in [2.45, 2.75) is 5.25 Å². The summed E-state index contributed by atoms with van der Waals surface area (Å²) in [5, 5.41) is 7.15. The fraction of sp³-hybridized carbons (Fsp3) is 1.00. The maximum atomic E-state index is 10.3. The number of hydrogen-bond donors (Lipinski definition) is 2. The van der Waals surface area contributed by atoms with Crippen LogP contribution in [-0.2, 0) is 14.9 Å². The van der Waals surface area contributed by atoms with Crippen LogP contribution in [-0.4, -0.2) is 43.7 Å². The minimum absolute atomic E-state index is 0.199. The Morgan fingerprint density at radius 3 is 2.20 bits per heavy atom. The molecular weight excluding hydrogens is 160 g/mol. The summed E-state index contributed by atoms with van der Waals surface area (Å²) in [6.07, 6.45) is 0. The summed E-state index contributed by atoms with van der Waals surface area (Å²) in [5.41, 5.74) is 0. The molecule has 0 bridgehead atoms. The first-order chi connectivity index (χ1) is 4.52. The molecule has 0 radical (unpaired) electrons. The average molecular weight is 170 g/mol. The van der Waals surface area contributed by atoms with Crippen LogP contribution in [0.15, 0.2) is 0 Å². The molecule has 0 saturated carbocycles. The molecular formula is C4H10O5S. The predicted octanol–water partition coefficient (Wildman–Crippen LogP) is -1.12. The summed E-state index contributed by atoms with van der Waals surface area (Å²) in [6.45, 7) is -0.831. The maximum absolute atomic E-state index is 10.3. The lowest BCUT2D eigenvalue weighted by atomic mass is 10.5. The van der Waals surface area contributed by atoms with E-state index in [0.29, 0.717) is 0 Å². The average Bonchev–Trinajstić information content (AvgIpc) is 1.80. The predicted molar refractivity (Wildman–Crippen MR) is 34.3 cm³/mol. The Morgan fingerprint density at radius 2 is 2.10 bits per heavy atom. The first-order valence-corrected chi connectivity index (χ1v) is 4.08. The molecule has 0 spiro atoms. The van der Waals surface area contributed by atoms with Crippen molar-refractivity contribution in [3.63, 3.8) is 0 Å². The summed E-state index contributed by atoms with van der Waals surface area (Å²) < 4.78 is 33.3. The lowest BCUT2D eigenvalue weighted by Gasteiger charge is -2.07. The topological polar surface area (TPSA) is 83.8 Å². The number of ether oxygens (including phenoxy) is 1. The number of aliphatic hydroxyl groups is 1. The van der Waals surface area contributed by atoms with Crippen LogP contribution in [0.1, 0.15) is 0 Å². The zero-order valence-electron chi connectivity index (χ0n) is 5.52. The molecule has 0 aromatic carbocycles. The van der Waals surface area contributed by atoms with Crippen molar-refractivity contribution in [3.05, 3.63) is 0 Å². The van der Waals surface area contributed by atoms with Crippen molar-refractivity contribution < 1.29 is 22.8 Å². The number of rotatable bonds is 4. The first kappa shape index (κ1) is 9.83. The minimum atomic E-state index is -4.15. The van der Waals surface area contributed by atoms with Crippen LogP contribution in [0.2, 0.25) is 0 Å². The van der Waals surface area contributed by atoms with E-state index in [1.807, 2.05) is 0 Å². The van der Waals surface area contributed by atoms with Gasteiger partial charge in [0.25, 0.3) is 10.1 Å². The highest BCUT2D eigenvalue weighted by Gasteiger charge is 2.21. The van der Waals surface area contributed by atoms with E-state index in [1.54, 1.807) is 0 Å². The molecule has 62 valence electrons. The molecule has 0 aliphatic heterocycles. The minimum Gasteiger partial charge on any atom is -0.395 e.